The average Bonchev–Trinajstić information content (AvgIpc) is 2.99. The Balaban J connectivity index is 2.06. The van der Waals surface area contributed by atoms with Gasteiger partial charge in [-0.05, 0) is 24.0 Å². The van der Waals surface area contributed by atoms with E-state index in [4.69, 9.17) is 17.3 Å². The molecule has 3 aromatic heterocycles. The Bertz CT molecular complexity index is 1130. The van der Waals surface area contributed by atoms with Crippen LogP contribution >= 0.6 is 11.6 Å². The Labute approximate surface area is 173 Å². The number of aromatic amines is 1. The quantitative estimate of drug-likeness (QED) is 0.614. The molecule has 8 nitrogen and oxygen atoms in total. The molecule has 3 aromatic rings. The van der Waals surface area contributed by atoms with Gasteiger partial charge in [0.1, 0.15) is 17.2 Å². The molecule has 156 valence electrons. The van der Waals surface area contributed by atoms with E-state index in [0.717, 1.165) is 11.3 Å². The first-order valence-corrected chi connectivity index (χ1v) is 10.0. The van der Waals surface area contributed by atoms with Gasteiger partial charge >= 0.3 is 5.69 Å². The number of halogens is 1. The number of H-pyrrole nitrogens is 1. The van der Waals surface area contributed by atoms with Gasteiger partial charge in [0.2, 0.25) is 0 Å². The summed E-state index contributed by atoms with van der Waals surface area (Å²) >= 11 is 6.06. The largest absolute Gasteiger partial charge is 0.383 e. The molecule has 0 radical (unpaired) electrons. The van der Waals surface area contributed by atoms with E-state index in [-0.39, 0.29) is 17.7 Å². The molecule has 0 aliphatic rings. The van der Waals surface area contributed by atoms with E-state index in [2.05, 4.69) is 23.8 Å². The van der Waals surface area contributed by atoms with Crippen LogP contribution in [0.1, 0.15) is 33.4 Å². The second kappa shape index (κ2) is 8.32. The van der Waals surface area contributed by atoms with Crippen molar-refractivity contribution in [1.29, 1.82) is 0 Å². The number of pyridine rings is 1. The Morgan fingerprint density at radius 1 is 1.17 bits per heavy atom. The molecule has 0 saturated carbocycles. The van der Waals surface area contributed by atoms with Gasteiger partial charge in [0.05, 0.1) is 17.3 Å². The third kappa shape index (κ3) is 4.64. The first-order chi connectivity index (χ1) is 13.7. The molecule has 0 unspecified atom stereocenters. The molecular formula is C20H27ClN6O2. The second-order valence-electron chi connectivity index (χ2n) is 8.12. The van der Waals surface area contributed by atoms with E-state index < -0.39 is 11.2 Å². The lowest BCUT2D eigenvalue weighted by molar-refractivity contribution is 0.505. The maximum absolute atomic E-state index is 12.7. The van der Waals surface area contributed by atoms with Gasteiger partial charge in [-0.2, -0.15) is 0 Å². The average molecular weight is 419 g/mol. The molecule has 29 heavy (non-hydrogen) atoms. The zero-order valence-corrected chi connectivity index (χ0v) is 17.9. The molecule has 0 amide bonds. The maximum atomic E-state index is 12.7. The highest BCUT2D eigenvalue weighted by atomic mass is 35.5. The first-order valence-electron chi connectivity index (χ1n) is 9.66. The lowest BCUT2D eigenvalue weighted by atomic mass is 10.2. The summed E-state index contributed by atoms with van der Waals surface area (Å²) in [5.74, 6) is 0.654. The normalized spacial score (nSPS) is 11.7. The van der Waals surface area contributed by atoms with Crippen LogP contribution in [0.5, 0.6) is 0 Å². The Morgan fingerprint density at radius 3 is 2.55 bits per heavy atom. The fourth-order valence-corrected chi connectivity index (χ4v) is 3.56. The number of aromatic nitrogens is 4. The number of rotatable bonds is 7. The predicted octanol–water partition coefficient (Wildman–Crippen LogP) is 2.74. The minimum Gasteiger partial charge on any atom is -0.383 e. The topological polar surface area (TPSA) is 101 Å². The van der Waals surface area contributed by atoms with E-state index in [0.29, 0.717) is 30.3 Å². The molecule has 0 spiro atoms. The molecule has 0 aliphatic carbocycles. The van der Waals surface area contributed by atoms with Crippen LogP contribution in [0.2, 0.25) is 5.02 Å². The van der Waals surface area contributed by atoms with Crippen molar-refractivity contribution in [3.8, 4) is 0 Å². The second-order valence-corrected chi connectivity index (χ2v) is 8.55. The summed E-state index contributed by atoms with van der Waals surface area (Å²) in [6.07, 6.45) is 3.66. The van der Waals surface area contributed by atoms with Crippen molar-refractivity contribution in [3.63, 3.8) is 0 Å². The third-order valence-electron chi connectivity index (χ3n) is 4.48. The molecular weight excluding hydrogens is 392 g/mol. The highest BCUT2D eigenvalue weighted by Crippen LogP contribution is 2.22. The van der Waals surface area contributed by atoms with E-state index >= 15 is 0 Å². The Hall–Kier alpha value is -2.74. The van der Waals surface area contributed by atoms with E-state index in [1.165, 1.54) is 4.57 Å². The van der Waals surface area contributed by atoms with Crippen LogP contribution in [0, 0.1) is 11.8 Å². The smallest absolute Gasteiger partial charge is 0.330 e. The summed E-state index contributed by atoms with van der Waals surface area (Å²) in [5.41, 5.74) is 7.18. The molecule has 3 heterocycles. The van der Waals surface area contributed by atoms with Crippen LogP contribution in [-0.2, 0) is 13.1 Å². The summed E-state index contributed by atoms with van der Waals surface area (Å²) in [6.45, 7) is 9.49. The highest BCUT2D eigenvalue weighted by molar-refractivity contribution is 6.30. The van der Waals surface area contributed by atoms with Gasteiger partial charge in [0, 0.05) is 25.5 Å². The van der Waals surface area contributed by atoms with Gasteiger partial charge in [-0.25, -0.2) is 9.78 Å². The van der Waals surface area contributed by atoms with E-state index in [1.54, 1.807) is 12.3 Å². The Morgan fingerprint density at radius 2 is 1.90 bits per heavy atom. The number of hydrogen-bond acceptors (Lipinski definition) is 5. The van der Waals surface area contributed by atoms with Crippen molar-refractivity contribution in [2.45, 2.75) is 40.8 Å². The monoisotopic (exact) mass is 418 g/mol. The first kappa shape index (κ1) is 21.0. The van der Waals surface area contributed by atoms with Gasteiger partial charge in [-0.1, -0.05) is 39.3 Å². The predicted molar refractivity (Wildman–Crippen MR) is 117 cm³/mol. The summed E-state index contributed by atoms with van der Waals surface area (Å²) in [5, 5.41) is 0.613. The SMILES string of the molecule is CC(C)CN(Cc1cn2cc(Cl)ccc2n1)c1c(N)n(CC(C)C)c(=O)[nH]c1=O. The van der Waals surface area contributed by atoms with Crippen molar-refractivity contribution in [1.82, 2.24) is 18.9 Å². The standard InChI is InChI=1S/C20H27ClN6O2/c1-12(2)7-26(11-15-10-25-9-14(21)5-6-16(25)23-15)17-18(22)27(8-13(3)4)20(29)24-19(17)28/h5-6,9-10,12-13H,7-8,11,22H2,1-4H3,(H,24,28,29). The van der Waals surface area contributed by atoms with Gasteiger partial charge in [-0.3, -0.25) is 14.3 Å². The van der Waals surface area contributed by atoms with Gasteiger partial charge in [0.15, 0.2) is 0 Å². The van der Waals surface area contributed by atoms with E-state index in [1.807, 2.05) is 35.4 Å². The number of nitrogens with two attached hydrogens (primary N) is 1. The number of nitrogens with one attached hydrogen (secondary N) is 1. The summed E-state index contributed by atoms with van der Waals surface area (Å²) in [7, 11) is 0. The molecule has 0 atom stereocenters. The summed E-state index contributed by atoms with van der Waals surface area (Å²) < 4.78 is 3.27. The molecule has 3 N–H and O–H groups in total. The Kier molecular flexibility index (Phi) is 6.02. The van der Waals surface area contributed by atoms with Crippen molar-refractivity contribution >= 4 is 28.8 Å². The van der Waals surface area contributed by atoms with Gasteiger partial charge in [0.25, 0.3) is 5.56 Å². The summed E-state index contributed by atoms with van der Waals surface area (Å²) in [6, 6.07) is 3.62. The fraction of sp³-hybridized carbons (Fsp3) is 0.450. The number of anilines is 2. The number of imidazole rings is 1. The minimum absolute atomic E-state index is 0.180. The van der Waals surface area contributed by atoms with Gasteiger partial charge in [-0.15, -0.1) is 0 Å². The highest BCUT2D eigenvalue weighted by Gasteiger charge is 2.21. The lowest BCUT2D eigenvalue weighted by Crippen LogP contribution is -2.40. The van der Waals surface area contributed by atoms with Crippen LogP contribution < -0.4 is 21.9 Å². The maximum Gasteiger partial charge on any atom is 0.330 e. The van der Waals surface area contributed by atoms with Crippen LogP contribution in [-0.4, -0.2) is 25.5 Å². The third-order valence-corrected chi connectivity index (χ3v) is 4.70. The van der Waals surface area contributed by atoms with Crippen LogP contribution in [0.15, 0.2) is 34.1 Å². The fourth-order valence-electron chi connectivity index (χ4n) is 3.39. The molecule has 9 heteroatoms. The molecule has 0 aromatic carbocycles. The molecule has 0 saturated heterocycles. The molecule has 3 rings (SSSR count). The zero-order valence-electron chi connectivity index (χ0n) is 17.1. The number of nitrogens with zero attached hydrogens (tertiary/aromatic N) is 4. The zero-order chi connectivity index (χ0) is 21.3. The number of fused-ring (bicyclic) bond motifs is 1. The van der Waals surface area contributed by atoms with Crippen LogP contribution in [0.3, 0.4) is 0 Å². The van der Waals surface area contributed by atoms with Crippen molar-refractivity contribution in [2.75, 3.05) is 17.2 Å². The van der Waals surface area contributed by atoms with E-state index in [9.17, 15) is 9.59 Å². The summed E-state index contributed by atoms with van der Waals surface area (Å²) in [4.78, 5) is 33.9. The lowest BCUT2D eigenvalue weighted by Gasteiger charge is -2.27. The molecule has 0 aliphatic heterocycles. The van der Waals surface area contributed by atoms with Crippen LogP contribution in [0.25, 0.3) is 5.65 Å². The van der Waals surface area contributed by atoms with Crippen molar-refractivity contribution in [2.24, 2.45) is 11.8 Å². The van der Waals surface area contributed by atoms with Crippen molar-refractivity contribution < 1.29 is 0 Å². The number of nitrogen functional groups attached to an aromatic ring is 1. The number of hydrogen-bond donors (Lipinski definition) is 2. The van der Waals surface area contributed by atoms with Crippen LogP contribution in [0.4, 0.5) is 11.5 Å². The van der Waals surface area contributed by atoms with Gasteiger partial charge < -0.3 is 15.0 Å². The van der Waals surface area contributed by atoms with Crippen molar-refractivity contribution in [3.05, 3.63) is 56.1 Å². The minimum atomic E-state index is -0.489. The molecule has 0 fully saturated rings. The molecule has 0 bridgehead atoms.